The van der Waals surface area contributed by atoms with Gasteiger partial charge in [0.25, 0.3) is 15.9 Å². The van der Waals surface area contributed by atoms with Crippen molar-refractivity contribution in [2.45, 2.75) is 11.8 Å². The zero-order valence-electron chi connectivity index (χ0n) is 20.7. The minimum absolute atomic E-state index is 0.0742. The summed E-state index contributed by atoms with van der Waals surface area (Å²) in [7, 11) is -0.353. The molecule has 3 N–H and O–H groups in total. The first kappa shape index (κ1) is 28.0. The number of ether oxygens (including phenoxy) is 3. The van der Waals surface area contributed by atoms with E-state index >= 15 is 0 Å². The fourth-order valence-electron chi connectivity index (χ4n) is 3.24. The monoisotopic (exact) mass is 541 g/mol. The Kier molecular flexibility index (Phi) is 9.89. The fraction of sp³-hybridized carbons (Fsp3) is 0.200. The number of rotatable bonds is 11. The largest absolute Gasteiger partial charge is 0.494 e. The second-order valence-electron chi connectivity index (χ2n) is 7.82. The average molecular weight is 541 g/mol. The first-order valence-corrected chi connectivity index (χ1v) is 13.3. The number of carbonyl (C=O) groups excluding carboxylic acids is 1. The minimum Gasteiger partial charge on any atom is -0.494 e. The molecule has 37 heavy (non-hydrogen) atoms. The van der Waals surface area contributed by atoms with Crippen LogP contribution < -0.4 is 30.3 Å². The van der Waals surface area contributed by atoms with E-state index in [1.807, 2.05) is 14.8 Å². The van der Waals surface area contributed by atoms with Crippen LogP contribution in [0.1, 0.15) is 17.3 Å². The number of amides is 1. The predicted octanol–water partition coefficient (Wildman–Crippen LogP) is 2.30. The summed E-state index contributed by atoms with van der Waals surface area (Å²) in [6.45, 7) is 3.27. The van der Waals surface area contributed by atoms with Crippen molar-refractivity contribution >= 4 is 57.9 Å². The molecule has 0 saturated carbocycles. The summed E-state index contributed by atoms with van der Waals surface area (Å²) in [5.41, 5.74) is 2.16. The van der Waals surface area contributed by atoms with Crippen LogP contribution in [0.25, 0.3) is 0 Å². The second kappa shape index (κ2) is 13.1. The lowest BCUT2D eigenvalue weighted by Gasteiger charge is -2.13. The molecule has 1 amide bonds. The quantitative estimate of drug-likeness (QED) is 0.193. The maximum atomic E-state index is 12.7. The van der Waals surface area contributed by atoms with Crippen LogP contribution in [0.4, 0.5) is 11.4 Å². The van der Waals surface area contributed by atoms with Crippen molar-refractivity contribution in [3.05, 3.63) is 72.3 Å². The Morgan fingerprint density at radius 3 is 2.24 bits per heavy atom. The molecule has 0 aliphatic heterocycles. The van der Waals surface area contributed by atoms with Crippen LogP contribution in [0, 0.1) is 0 Å². The number of anilines is 2. The van der Waals surface area contributed by atoms with E-state index in [0.29, 0.717) is 48.3 Å². The number of thiocarbonyl (C=S) groups is 1. The molecule has 0 fully saturated rings. The SMILES string of the molecule is Bc1cc(C(=O)NC(=S)Nc2ccc(S(=O)(=O)Nc3ccc(OCC)cc3)cc2)ccc1OCCOC. The molecule has 0 saturated heterocycles. The Balaban J connectivity index is 1.56. The van der Waals surface area contributed by atoms with Gasteiger partial charge < -0.3 is 19.5 Å². The predicted molar refractivity (Wildman–Crippen MR) is 151 cm³/mol. The van der Waals surface area contributed by atoms with E-state index in [4.69, 9.17) is 26.4 Å². The molecule has 3 aromatic rings. The Bertz CT molecular complexity index is 1330. The van der Waals surface area contributed by atoms with Crippen LogP contribution in [-0.4, -0.2) is 54.2 Å². The number of benzene rings is 3. The Labute approximate surface area is 223 Å². The molecule has 0 radical (unpaired) electrons. The van der Waals surface area contributed by atoms with E-state index in [1.165, 1.54) is 12.1 Å². The van der Waals surface area contributed by atoms with Crippen LogP contribution in [0.15, 0.2) is 71.6 Å². The average Bonchev–Trinajstić information content (AvgIpc) is 2.86. The van der Waals surface area contributed by atoms with Gasteiger partial charge in [0.15, 0.2) is 5.11 Å². The highest BCUT2D eigenvalue weighted by molar-refractivity contribution is 7.92. The summed E-state index contributed by atoms with van der Waals surface area (Å²) in [6, 6.07) is 17.7. The van der Waals surface area contributed by atoms with Gasteiger partial charge in [-0.15, -0.1) is 0 Å². The Hall–Kier alpha value is -3.61. The van der Waals surface area contributed by atoms with Crippen LogP contribution >= 0.6 is 12.2 Å². The van der Waals surface area contributed by atoms with Gasteiger partial charge in [-0.2, -0.15) is 0 Å². The van der Waals surface area contributed by atoms with Gasteiger partial charge in [-0.3, -0.25) is 14.8 Å². The zero-order valence-corrected chi connectivity index (χ0v) is 22.4. The van der Waals surface area contributed by atoms with E-state index in [-0.39, 0.29) is 15.9 Å². The van der Waals surface area contributed by atoms with Gasteiger partial charge in [0.2, 0.25) is 0 Å². The first-order chi connectivity index (χ1) is 17.7. The third kappa shape index (κ3) is 8.20. The molecule has 3 aromatic carbocycles. The van der Waals surface area contributed by atoms with E-state index in [9.17, 15) is 13.2 Å². The molecular weight excluding hydrogens is 513 g/mol. The van der Waals surface area contributed by atoms with Crippen LogP contribution in [0.5, 0.6) is 11.5 Å². The molecule has 0 aliphatic rings. The molecule has 9 nitrogen and oxygen atoms in total. The van der Waals surface area contributed by atoms with Crippen LogP contribution in [0.2, 0.25) is 0 Å². The van der Waals surface area contributed by atoms with Crippen molar-refractivity contribution in [1.29, 1.82) is 0 Å². The normalized spacial score (nSPS) is 10.9. The van der Waals surface area contributed by atoms with Gasteiger partial charge in [0.1, 0.15) is 26.0 Å². The molecular formula is C25H28BN3O6S2. The number of nitrogens with one attached hydrogen (secondary N) is 3. The molecule has 0 unspecified atom stereocenters. The topological polar surface area (TPSA) is 115 Å². The van der Waals surface area contributed by atoms with Crippen molar-refractivity contribution < 1.29 is 27.4 Å². The first-order valence-electron chi connectivity index (χ1n) is 11.4. The van der Waals surface area contributed by atoms with Gasteiger partial charge in [-0.05, 0) is 85.3 Å². The van der Waals surface area contributed by atoms with Crippen LogP contribution in [-0.2, 0) is 14.8 Å². The number of hydrogen-bond donors (Lipinski definition) is 3. The van der Waals surface area contributed by atoms with Gasteiger partial charge >= 0.3 is 0 Å². The zero-order chi connectivity index (χ0) is 26.8. The summed E-state index contributed by atoms with van der Waals surface area (Å²) in [4.78, 5) is 12.7. The summed E-state index contributed by atoms with van der Waals surface area (Å²) >= 11 is 5.24. The Morgan fingerprint density at radius 2 is 1.62 bits per heavy atom. The van der Waals surface area contributed by atoms with Gasteiger partial charge in [-0.25, -0.2) is 8.42 Å². The maximum absolute atomic E-state index is 12.7. The van der Waals surface area contributed by atoms with Gasteiger partial charge in [-0.1, -0.05) is 6.07 Å². The highest BCUT2D eigenvalue weighted by Gasteiger charge is 2.15. The lowest BCUT2D eigenvalue weighted by Crippen LogP contribution is -2.34. The number of carbonyl (C=O) groups is 1. The third-order valence-electron chi connectivity index (χ3n) is 5.05. The smallest absolute Gasteiger partial charge is 0.261 e. The minimum atomic E-state index is -3.79. The number of methoxy groups -OCH3 is 1. The van der Waals surface area contributed by atoms with Crippen molar-refractivity contribution in [3.63, 3.8) is 0 Å². The molecule has 194 valence electrons. The van der Waals surface area contributed by atoms with Gasteiger partial charge in [0.05, 0.1) is 18.1 Å². The molecule has 3 rings (SSSR count). The third-order valence-corrected chi connectivity index (χ3v) is 6.65. The Morgan fingerprint density at radius 1 is 0.946 bits per heavy atom. The summed E-state index contributed by atoms with van der Waals surface area (Å²) in [6.07, 6.45) is 0. The van der Waals surface area contributed by atoms with Crippen molar-refractivity contribution in [3.8, 4) is 11.5 Å². The molecule has 0 bridgehead atoms. The van der Waals surface area contributed by atoms with Crippen LogP contribution in [0.3, 0.4) is 0 Å². The molecule has 0 heterocycles. The van der Waals surface area contributed by atoms with Crippen molar-refractivity contribution in [2.24, 2.45) is 0 Å². The molecule has 0 aromatic heterocycles. The molecule has 0 spiro atoms. The standard InChI is InChI=1S/C25H28BN3O6S2/c1-3-34-20-9-5-19(6-10-20)29-37(31,32)21-11-7-18(8-12-21)27-25(36)28-24(30)17-4-13-23(22(26)16-17)35-15-14-33-2/h4-13,16,29H,3,14-15,26H2,1-2H3,(H2,27,28,30,36). The second-order valence-corrected chi connectivity index (χ2v) is 9.91. The van der Waals surface area contributed by atoms with E-state index < -0.39 is 10.0 Å². The number of hydrogen-bond acceptors (Lipinski definition) is 7. The lowest BCUT2D eigenvalue weighted by molar-refractivity contribution is 0.0977. The summed E-state index contributed by atoms with van der Waals surface area (Å²) < 4.78 is 43.9. The maximum Gasteiger partial charge on any atom is 0.261 e. The fourth-order valence-corrected chi connectivity index (χ4v) is 4.51. The van der Waals surface area contributed by atoms with Gasteiger partial charge in [0, 0.05) is 24.0 Å². The molecule has 0 atom stereocenters. The van der Waals surface area contributed by atoms with Crippen molar-refractivity contribution in [2.75, 3.05) is 37.0 Å². The lowest BCUT2D eigenvalue weighted by atomic mass is 9.93. The van der Waals surface area contributed by atoms with Crippen molar-refractivity contribution in [1.82, 2.24) is 5.32 Å². The van der Waals surface area contributed by atoms with E-state index in [0.717, 1.165) is 5.46 Å². The summed E-state index contributed by atoms with van der Waals surface area (Å²) in [5, 5.41) is 5.57. The van der Waals surface area contributed by atoms with E-state index in [2.05, 4.69) is 15.4 Å². The van der Waals surface area contributed by atoms with E-state index in [1.54, 1.807) is 61.7 Å². The molecule has 0 aliphatic carbocycles. The number of sulfonamides is 1. The molecule has 12 heteroatoms. The highest BCUT2D eigenvalue weighted by atomic mass is 32.2. The summed E-state index contributed by atoms with van der Waals surface area (Å²) in [5.74, 6) is 0.937. The highest BCUT2D eigenvalue weighted by Crippen LogP contribution is 2.21.